The van der Waals surface area contributed by atoms with Crippen LogP contribution in [0, 0.1) is 6.92 Å². The quantitative estimate of drug-likeness (QED) is 0.726. The van der Waals surface area contributed by atoms with Gasteiger partial charge in [0.15, 0.2) is 0 Å². The van der Waals surface area contributed by atoms with Crippen LogP contribution in [-0.4, -0.2) is 27.0 Å². The highest BCUT2D eigenvalue weighted by Gasteiger charge is 2.36. The van der Waals surface area contributed by atoms with Gasteiger partial charge >= 0.3 is 0 Å². The number of hydrogen-bond donors (Lipinski definition) is 2. The second kappa shape index (κ2) is 3.37. The first-order valence-corrected chi connectivity index (χ1v) is 5.03. The average Bonchev–Trinajstić information content (AvgIpc) is 2.73. The molecule has 1 saturated carbocycles. The zero-order valence-corrected chi connectivity index (χ0v) is 8.48. The van der Waals surface area contributed by atoms with Crippen LogP contribution in [0.2, 0.25) is 0 Å². The van der Waals surface area contributed by atoms with Gasteiger partial charge in [0.1, 0.15) is 0 Å². The number of aryl methyl sites for hydroxylation is 1. The lowest BCUT2D eigenvalue weighted by atomic mass is 10.0. The van der Waals surface area contributed by atoms with Crippen molar-refractivity contribution in [2.24, 2.45) is 5.73 Å². The second-order valence-corrected chi connectivity index (χ2v) is 4.41. The van der Waals surface area contributed by atoms with E-state index in [0.717, 1.165) is 19.3 Å². The van der Waals surface area contributed by atoms with Crippen LogP contribution in [0.15, 0.2) is 12.4 Å². The SMILES string of the molecule is Cc1cnn(C2CCC(N)(CO)C2)c1. The Balaban J connectivity index is 2.09. The molecule has 0 radical (unpaired) electrons. The van der Waals surface area contributed by atoms with Crippen molar-refractivity contribution in [3.63, 3.8) is 0 Å². The minimum Gasteiger partial charge on any atom is -0.394 e. The van der Waals surface area contributed by atoms with Crippen LogP contribution < -0.4 is 5.73 Å². The Hall–Kier alpha value is -0.870. The third kappa shape index (κ3) is 1.67. The van der Waals surface area contributed by atoms with Crippen molar-refractivity contribution in [3.05, 3.63) is 18.0 Å². The molecule has 1 fully saturated rings. The van der Waals surface area contributed by atoms with Gasteiger partial charge in [0.25, 0.3) is 0 Å². The van der Waals surface area contributed by atoms with Crippen LogP contribution in [-0.2, 0) is 0 Å². The molecule has 0 aromatic carbocycles. The smallest absolute Gasteiger partial charge is 0.0612 e. The molecule has 0 spiro atoms. The predicted octanol–water partition coefficient (Wildman–Crippen LogP) is 0.606. The molecule has 4 heteroatoms. The fraction of sp³-hybridized carbons (Fsp3) is 0.700. The molecule has 0 aliphatic heterocycles. The molecule has 0 saturated heterocycles. The van der Waals surface area contributed by atoms with Crippen molar-refractivity contribution in [1.82, 2.24) is 9.78 Å². The molecular weight excluding hydrogens is 178 g/mol. The molecule has 4 nitrogen and oxygen atoms in total. The number of aromatic nitrogens is 2. The number of hydrogen-bond acceptors (Lipinski definition) is 3. The molecule has 78 valence electrons. The minimum absolute atomic E-state index is 0.0732. The summed E-state index contributed by atoms with van der Waals surface area (Å²) in [6, 6.07) is 0.362. The summed E-state index contributed by atoms with van der Waals surface area (Å²) in [5.74, 6) is 0. The largest absolute Gasteiger partial charge is 0.394 e. The molecule has 1 heterocycles. The topological polar surface area (TPSA) is 64.1 Å². The molecule has 1 aliphatic carbocycles. The zero-order chi connectivity index (χ0) is 10.2. The van der Waals surface area contributed by atoms with Crippen LogP contribution in [0.25, 0.3) is 0 Å². The van der Waals surface area contributed by atoms with Crippen molar-refractivity contribution in [2.75, 3.05) is 6.61 Å². The highest BCUT2D eigenvalue weighted by atomic mass is 16.3. The molecule has 2 unspecified atom stereocenters. The summed E-state index contributed by atoms with van der Waals surface area (Å²) >= 11 is 0. The Morgan fingerprint density at radius 1 is 1.79 bits per heavy atom. The van der Waals surface area contributed by atoms with E-state index >= 15 is 0 Å². The van der Waals surface area contributed by atoms with Crippen molar-refractivity contribution < 1.29 is 5.11 Å². The lowest BCUT2D eigenvalue weighted by Gasteiger charge is -2.20. The van der Waals surface area contributed by atoms with E-state index in [9.17, 15) is 0 Å². The van der Waals surface area contributed by atoms with Gasteiger partial charge in [0, 0.05) is 11.7 Å². The number of nitrogens with zero attached hydrogens (tertiary/aromatic N) is 2. The molecular formula is C10H17N3O. The maximum absolute atomic E-state index is 9.14. The number of aliphatic hydroxyl groups excluding tert-OH is 1. The van der Waals surface area contributed by atoms with E-state index in [-0.39, 0.29) is 12.1 Å². The first-order chi connectivity index (χ1) is 6.63. The summed E-state index contributed by atoms with van der Waals surface area (Å²) in [5.41, 5.74) is 6.79. The van der Waals surface area contributed by atoms with Crippen molar-refractivity contribution >= 4 is 0 Å². The summed E-state index contributed by atoms with van der Waals surface area (Å²) < 4.78 is 1.97. The van der Waals surface area contributed by atoms with E-state index in [1.807, 2.05) is 24.0 Å². The number of aliphatic hydroxyl groups is 1. The normalized spacial score (nSPS) is 32.4. The summed E-state index contributed by atoms with van der Waals surface area (Å²) in [6.07, 6.45) is 6.61. The molecule has 2 atom stereocenters. The van der Waals surface area contributed by atoms with Crippen LogP contribution in [0.5, 0.6) is 0 Å². The van der Waals surface area contributed by atoms with Gasteiger partial charge in [-0.15, -0.1) is 0 Å². The number of rotatable bonds is 2. The van der Waals surface area contributed by atoms with Gasteiger partial charge in [-0.25, -0.2) is 0 Å². The second-order valence-electron chi connectivity index (χ2n) is 4.41. The first-order valence-electron chi connectivity index (χ1n) is 5.03. The Labute approximate surface area is 83.7 Å². The molecule has 0 bridgehead atoms. The lowest BCUT2D eigenvalue weighted by Crippen LogP contribution is -2.40. The van der Waals surface area contributed by atoms with Gasteiger partial charge < -0.3 is 10.8 Å². The first kappa shape index (κ1) is 9.68. The summed E-state index contributed by atoms with van der Waals surface area (Å²) in [5, 5.41) is 13.4. The average molecular weight is 195 g/mol. The van der Waals surface area contributed by atoms with Crippen molar-refractivity contribution in [3.8, 4) is 0 Å². The highest BCUT2D eigenvalue weighted by molar-refractivity contribution is 5.03. The van der Waals surface area contributed by atoms with Gasteiger partial charge in [-0.05, 0) is 31.7 Å². The molecule has 2 rings (SSSR count). The molecule has 14 heavy (non-hydrogen) atoms. The van der Waals surface area contributed by atoms with E-state index < -0.39 is 0 Å². The van der Waals surface area contributed by atoms with Crippen LogP contribution in [0.1, 0.15) is 30.9 Å². The lowest BCUT2D eigenvalue weighted by molar-refractivity contribution is 0.195. The molecule has 3 N–H and O–H groups in total. The molecule has 1 aliphatic rings. The molecule has 0 amide bonds. The van der Waals surface area contributed by atoms with E-state index in [1.54, 1.807) is 0 Å². The van der Waals surface area contributed by atoms with E-state index in [1.165, 1.54) is 5.56 Å². The zero-order valence-electron chi connectivity index (χ0n) is 8.48. The molecule has 1 aromatic rings. The summed E-state index contributed by atoms with van der Waals surface area (Å²) in [7, 11) is 0. The third-order valence-electron chi connectivity index (χ3n) is 3.04. The van der Waals surface area contributed by atoms with Crippen LogP contribution in [0.3, 0.4) is 0 Å². The van der Waals surface area contributed by atoms with Crippen molar-refractivity contribution in [1.29, 1.82) is 0 Å². The standard InChI is InChI=1S/C10H17N3O/c1-8-5-12-13(6-8)9-2-3-10(11,4-9)7-14/h5-6,9,14H,2-4,7,11H2,1H3. The Morgan fingerprint density at radius 2 is 2.57 bits per heavy atom. The van der Waals surface area contributed by atoms with Crippen LogP contribution in [0.4, 0.5) is 0 Å². The van der Waals surface area contributed by atoms with E-state index in [2.05, 4.69) is 5.10 Å². The fourth-order valence-electron chi connectivity index (χ4n) is 2.13. The Kier molecular flexibility index (Phi) is 2.33. The monoisotopic (exact) mass is 195 g/mol. The maximum Gasteiger partial charge on any atom is 0.0612 e. The predicted molar refractivity (Wildman–Crippen MR) is 53.9 cm³/mol. The summed E-state index contributed by atoms with van der Waals surface area (Å²) in [6.45, 7) is 2.10. The van der Waals surface area contributed by atoms with Gasteiger partial charge in [-0.1, -0.05) is 0 Å². The molecule has 1 aromatic heterocycles. The van der Waals surface area contributed by atoms with Gasteiger partial charge in [0.05, 0.1) is 18.8 Å². The Morgan fingerprint density at radius 3 is 3.07 bits per heavy atom. The van der Waals surface area contributed by atoms with Gasteiger partial charge in [-0.2, -0.15) is 5.10 Å². The third-order valence-corrected chi connectivity index (χ3v) is 3.04. The van der Waals surface area contributed by atoms with Gasteiger partial charge in [0.2, 0.25) is 0 Å². The highest BCUT2D eigenvalue weighted by Crippen LogP contribution is 2.35. The Bertz CT molecular complexity index is 323. The van der Waals surface area contributed by atoms with Crippen molar-refractivity contribution in [2.45, 2.75) is 37.8 Å². The van der Waals surface area contributed by atoms with Gasteiger partial charge in [-0.3, -0.25) is 4.68 Å². The minimum atomic E-state index is -0.384. The summed E-state index contributed by atoms with van der Waals surface area (Å²) in [4.78, 5) is 0. The van der Waals surface area contributed by atoms with Crippen LogP contribution >= 0.6 is 0 Å². The van der Waals surface area contributed by atoms with E-state index in [4.69, 9.17) is 10.8 Å². The fourth-order valence-corrected chi connectivity index (χ4v) is 2.13. The maximum atomic E-state index is 9.14. The van der Waals surface area contributed by atoms with E-state index in [0.29, 0.717) is 6.04 Å². The number of nitrogens with two attached hydrogens (primary N) is 1.